The van der Waals surface area contributed by atoms with Crippen molar-refractivity contribution in [3.8, 4) is 0 Å². The Morgan fingerprint density at radius 1 is 1.19 bits per heavy atom. The van der Waals surface area contributed by atoms with Crippen molar-refractivity contribution < 1.29 is 4.79 Å². The molecule has 2 unspecified atom stereocenters. The van der Waals surface area contributed by atoms with Gasteiger partial charge in [-0.2, -0.15) is 0 Å². The molecule has 0 spiro atoms. The number of amides is 1. The zero-order valence-electron chi connectivity index (χ0n) is 10.2. The molecule has 4 heteroatoms. The maximum Gasteiger partial charge on any atom is 0.227 e. The van der Waals surface area contributed by atoms with Gasteiger partial charge in [0.25, 0.3) is 0 Å². The number of rotatable bonds is 1. The van der Waals surface area contributed by atoms with Crippen molar-refractivity contribution in [3.63, 3.8) is 0 Å². The summed E-state index contributed by atoms with van der Waals surface area (Å²) in [6, 6.07) is 0.892. The third-order valence-electron chi connectivity index (χ3n) is 3.86. The molecule has 0 aliphatic carbocycles. The van der Waals surface area contributed by atoms with Crippen molar-refractivity contribution in [1.29, 1.82) is 0 Å². The monoisotopic (exact) mass is 246 g/mol. The molecule has 2 heterocycles. The second-order valence-electron chi connectivity index (χ2n) is 5.06. The molecule has 2 saturated heterocycles. The lowest BCUT2D eigenvalue weighted by atomic mass is 9.95. The van der Waals surface area contributed by atoms with Crippen LogP contribution in [0, 0.1) is 5.92 Å². The van der Waals surface area contributed by atoms with Crippen LogP contribution in [0.2, 0.25) is 0 Å². The molecule has 0 saturated carbocycles. The quantitative estimate of drug-likeness (QED) is 0.766. The van der Waals surface area contributed by atoms with Gasteiger partial charge < -0.3 is 10.2 Å². The van der Waals surface area contributed by atoms with Gasteiger partial charge in [0.2, 0.25) is 5.91 Å². The molecule has 1 N–H and O–H groups in total. The zero-order valence-corrected chi connectivity index (χ0v) is 11.1. The molecule has 94 valence electrons. The first kappa shape index (κ1) is 13.8. The Hall–Kier alpha value is -0.280. The van der Waals surface area contributed by atoms with Crippen molar-refractivity contribution in [3.05, 3.63) is 0 Å². The number of piperidine rings is 1. The molecule has 0 bridgehead atoms. The molecule has 2 fully saturated rings. The molecular weight excluding hydrogens is 224 g/mol. The summed E-state index contributed by atoms with van der Waals surface area (Å²) in [4.78, 5) is 14.4. The van der Waals surface area contributed by atoms with Gasteiger partial charge in [0.15, 0.2) is 0 Å². The highest BCUT2D eigenvalue weighted by atomic mass is 35.5. The van der Waals surface area contributed by atoms with E-state index in [4.69, 9.17) is 0 Å². The van der Waals surface area contributed by atoms with Crippen LogP contribution in [0.4, 0.5) is 0 Å². The molecule has 2 aliphatic heterocycles. The van der Waals surface area contributed by atoms with E-state index in [1.807, 2.05) is 0 Å². The summed E-state index contributed by atoms with van der Waals surface area (Å²) >= 11 is 0. The molecular formula is C12H23ClN2O. The summed E-state index contributed by atoms with van der Waals surface area (Å²) in [5, 5.41) is 3.27. The third-order valence-corrected chi connectivity index (χ3v) is 3.86. The number of nitrogens with one attached hydrogen (secondary N) is 1. The summed E-state index contributed by atoms with van der Waals surface area (Å²) in [5.41, 5.74) is 0. The van der Waals surface area contributed by atoms with Crippen molar-refractivity contribution in [2.75, 3.05) is 13.1 Å². The average Bonchev–Trinajstić information content (AvgIpc) is 2.69. The summed E-state index contributed by atoms with van der Waals surface area (Å²) in [6.45, 7) is 6.27. The van der Waals surface area contributed by atoms with Gasteiger partial charge in [-0.25, -0.2) is 0 Å². The first-order valence-corrected chi connectivity index (χ1v) is 6.23. The zero-order chi connectivity index (χ0) is 10.8. The van der Waals surface area contributed by atoms with Crippen molar-refractivity contribution in [2.45, 2.75) is 51.6 Å². The van der Waals surface area contributed by atoms with Gasteiger partial charge in [-0.3, -0.25) is 4.79 Å². The third kappa shape index (κ3) is 2.69. The fourth-order valence-corrected chi connectivity index (χ4v) is 2.93. The summed E-state index contributed by atoms with van der Waals surface area (Å²) in [7, 11) is 0. The highest BCUT2D eigenvalue weighted by Crippen LogP contribution is 2.25. The Morgan fingerprint density at radius 2 is 1.81 bits per heavy atom. The van der Waals surface area contributed by atoms with Gasteiger partial charge in [-0.05, 0) is 46.1 Å². The number of nitrogens with zero attached hydrogens (tertiary/aromatic N) is 1. The molecule has 0 aromatic rings. The predicted octanol–water partition coefficient (Wildman–Crippen LogP) is 1.81. The standard InChI is InChI=1S/C12H22N2O.ClH/c1-9-4-3-5-10(2)14(9)12(15)11-6-7-13-8-11;/h9-11,13H,3-8H2,1-2H3;1H/t9?,10?,11-;/m1./s1. The lowest BCUT2D eigenvalue weighted by Gasteiger charge is -2.40. The molecule has 0 aromatic carbocycles. The molecule has 1 amide bonds. The second-order valence-corrected chi connectivity index (χ2v) is 5.06. The van der Waals surface area contributed by atoms with Crippen LogP contribution >= 0.6 is 12.4 Å². The van der Waals surface area contributed by atoms with Crippen molar-refractivity contribution >= 4 is 18.3 Å². The molecule has 16 heavy (non-hydrogen) atoms. The van der Waals surface area contributed by atoms with Crippen LogP contribution in [0.1, 0.15) is 39.5 Å². The number of carbonyl (C=O) groups is 1. The number of hydrogen-bond donors (Lipinski definition) is 1. The van der Waals surface area contributed by atoms with Crippen LogP contribution in [0.15, 0.2) is 0 Å². The molecule has 2 aliphatic rings. The van der Waals surface area contributed by atoms with E-state index >= 15 is 0 Å². The average molecular weight is 247 g/mol. The number of hydrogen-bond acceptors (Lipinski definition) is 2. The summed E-state index contributed by atoms with van der Waals surface area (Å²) in [5.74, 6) is 0.632. The van der Waals surface area contributed by atoms with E-state index in [0.29, 0.717) is 18.0 Å². The van der Waals surface area contributed by atoms with E-state index in [0.717, 1.165) is 19.5 Å². The van der Waals surface area contributed by atoms with Gasteiger partial charge in [-0.1, -0.05) is 0 Å². The Kier molecular flexibility index (Phi) is 5.06. The normalized spacial score (nSPS) is 34.6. The first-order chi connectivity index (χ1) is 7.20. The topological polar surface area (TPSA) is 32.3 Å². The minimum absolute atomic E-state index is 0. The van der Waals surface area contributed by atoms with E-state index < -0.39 is 0 Å². The Bertz CT molecular complexity index is 231. The molecule has 0 radical (unpaired) electrons. The summed E-state index contributed by atoms with van der Waals surface area (Å²) < 4.78 is 0. The Balaban J connectivity index is 0.00000128. The minimum Gasteiger partial charge on any atom is -0.337 e. The Morgan fingerprint density at radius 3 is 2.31 bits per heavy atom. The van der Waals surface area contributed by atoms with Crippen LogP contribution in [-0.4, -0.2) is 36.0 Å². The lowest BCUT2D eigenvalue weighted by molar-refractivity contribution is -0.141. The van der Waals surface area contributed by atoms with E-state index in [9.17, 15) is 4.79 Å². The van der Waals surface area contributed by atoms with Crippen LogP contribution in [0.25, 0.3) is 0 Å². The van der Waals surface area contributed by atoms with Gasteiger partial charge in [0, 0.05) is 18.6 Å². The van der Waals surface area contributed by atoms with Crippen LogP contribution in [-0.2, 0) is 4.79 Å². The predicted molar refractivity (Wildman–Crippen MR) is 67.8 cm³/mol. The van der Waals surface area contributed by atoms with Gasteiger partial charge in [0.1, 0.15) is 0 Å². The van der Waals surface area contributed by atoms with E-state index in [-0.39, 0.29) is 18.3 Å². The lowest BCUT2D eigenvalue weighted by Crippen LogP contribution is -2.50. The highest BCUT2D eigenvalue weighted by Gasteiger charge is 2.34. The van der Waals surface area contributed by atoms with Gasteiger partial charge in [-0.15, -0.1) is 12.4 Å². The van der Waals surface area contributed by atoms with Crippen molar-refractivity contribution in [1.82, 2.24) is 10.2 Å². The van der Waals surface area contributed by atoms with Gasteiger partial charge in [0.05, 0.1) is 5.92 Å². The first-order valence-electron chi connectivity index (χ1n) is 6.23. The number of halogens is 1. The number of carbonyl (C=O) groups excluding carboxylic acids is 1. The second kappa shape index (κ2) is 5.87. The molecule has 0 aromatic heterocycles. The fraction of sp³-hybridized carbons (Fsp3) is 0.917. The maximum absolute atomic E-state index is 12.3. The van der Waals surface area contributed by atoms with Crippen molar-refractivity contribution in [2.24, 2.45) is 5.92 Å². The molecule has 3 nitrogen and oxygen atoms in total. The van der Waals surface area contributed by atoms with Crippen LogP contribution in [0.5, 0.6) is 0 Å². The van der Waals surface area contributed by atoms with Crippen LogP contribution in [0.3, 0.4) is 0 Å². The number of likely N-dealkylation sites (tertiary alicyclic amines) is 1. The van der Waals surface area contributed by atoms with Crippen LogP contribution < -0.4 is 5.32 Å². The fourth-order valence-electron chi connectivity index (χ4n) is 2.93. The minimum atomic E-state index is 0. The molecule has 2 rings (SSSR count). The Labute approximate surface area is 104 Å². The maximum atomic E-state index is 12.3. The van der Waals surface area contributed by atoms with E-state index in [1.54, 1.807) is 0 Å². The largest absolute Gasteiger partial charge is 0.337 e. The van der Waals surface area contributed by atoms with E-state index in [2.05, 4.69) is 24.1 Å². The molecule has 3 atom stereocenters. The van der Waals surface area contributed by atoms with E-state index in [1.165, 1.54) is 19.3 Å². The summed E-state index contributed by atoms with van der Waals surface area (Å²) in [6.07, 6.45) is 4.65. The smallest absolute Gasteiger partial charge is 0.227 e. The van der Waals surface area contributed by atoms with Gasteiger partial charge >= 0.3 is 0 Å². The highest BCUT2D eigenvalue weighted by molar-refractivity contribution is 5.85. The SMILES string of the molecule is CC1CCCC(C)N1C(=O)[C@@H]1CCNC1.Cl.